The van der Waals surface area contributed by atoms with Gasteiger partial charge in [-0.05, 0) is 43.5 Å². The van der Waals surface area contributed by atoms with Gasteiger partial charge < -0.3 is 14.7 Å². The molecule has 0 aliphatic carbocycles. The molecule has 0 radical (unpaired) electrons. The van der Waals surface area contributed by atoms with Crippen LogP contribution in [0.2, 0.25) is 0 Å². The summed E-state index contributed by atoms with van der Waals surface area (Å²) in [5, 5.41) is 0. The Kier molecular flexibility index (Phi) is 7.00. The van der Waals surface area contributed by atoms with Crippen molar-refractivity contribution in [2.45, 2.75) is 32.6 Å². The van der Waals surface area contributed by atoms with Gasteiger partial charge in [-0.25, -0.2) is 8.42 Å². The summed E-state index contributed by atoms with van der Waals surface area (Å²) in [6.07, 6.45) is 4.05. The topological polar surface area (TPSA) is 90.0 Å². The van der Waals surface area contributed by atoms with Gasteiger partial charge in [0.25, 0.3) is 0 Å². The van der Waals surface area contributed by atoms with Crippen LogP contribution in [0.1, 0.15) is 32.6 Å². The summed E-state index contributed by atoms with van der Waals surface area (Å²) in [5.41, 5.74) is 1.54. The Bertz CT molecular complexity index is 811. The summed E-state index contributed by atoms with van der Waals surface area (Å²) in [6.45, 7) is 5.48. The van der Waals surface area contributed by atoms with Gasteiger partial charge in [-0.15, -0.1) is 0 Å². The fourth-order valence-corrected chi connectivity index (χ4v) is 4.87. The lowest BCUT2D eigenvalue weighted by Crippen LogP contribution is -2.51. The van der Waals surface area contributed by atoms with Crippen LogP contribution in [0.5, 0.6) is 0 Å². The van der Waals surface area contributed by atoms with Crippen LogP contribution in [0.3, 0.4) is 0 Å². The molecule has 2 heterocycles. The Morgan fingerprint density at radius 2 is 1.41 bits per heavy atom. The zero-order valence-corrected chi connectivity index (χ0v) is 17.8. The second-order valence-corrected chi connectivity index (χ2v) is 9.29. The van der Waals surface area contributed by atoms with E-state index in [-0.39, 0.29) is 5.91 Å². The normalized spacial score (nSPS) is 17.9. The second-order valence-electron chi connectivity index (χ2n) is 7.57. The Labute approximate surface area is 172 Å². The predicted molar refractivity (Wildman–Crippen MR) is 113 cm³/mol. The minimum atomic E-state index is -3.79. The molecule has 2 fully saturated rings. The number of rotatable bonds is 6. The standard InChI is InChI=1S/C20H30N4O4S/c1-2-19(25)23-12-14-24(15-13-23)20(26)16-29(27,28)21-17-6-8-18(9-7-17)22-10-4-3-5-11-22/h6-9,21H,2-5,10-16H2,1H3. The zero-order chi connectivity index (χ0) is 20.9. The largest absolute Gasteiger partial charge is 0.372 e. The van der Waals surface area contributed by atoms with E-state index in [0.29, 0.717) is 38.3 Å². The van der Waals surface area contributed by atoms with Crippen LogP contribution >= 0.6 is 0 Å². The van der Waals surface area contributed by atoms with Crippen LogP contribution in [-0.4, -0.2) is 75.1 Å². The highest BCUT2D eigenvalue weighted by Gasteiger charge is 2.26. The first-order chi connectivity index (χ1) is 13.9. The van der Waals surface area contributed by atoms with E-state index >= 15 is 0 Å². The molecule has 160 valence electrons. The smallest absolute Gasteiger partial charge is 0.241 e. The number of hydrogen-bond acceptors (Lipinski definition) is 5. The molecule has 0 unspecified atom stereocenters. The van der Waals surface area contributed by atoms with Crippen LogP contribution in [-0.2, 0) is 19.6 Å². The molecular weight excluding hydrogens is 392 g/mol. The van der Waals surface area contributed by atoms with Gasteiger partial charge in [0.1, 0.15) is 5.75 Å². The molecule has 2 amide bonds. The van der Waals surface area contributed by atoms with Crippen molar-refractivity contribution in [1.82, 2.24) is 9.80 Å². The Balaban J connectivity index is 1.52. The first-order valence-electron chi connectivity index (χ1n) is 10.3. The fraction of sp³-hybridized carbons (Fsp3) is 0.600. The second kappa shape index (κ2) is 9.47. The number of nitrogens with one attached hydrogen (secondary N) is 1. The maximum absolute atomic E-state index is 12.4. The molecule has 0 bridgehead atoms. The van der Waals surface area contributed by atoms with Crippen molar-refractivity contribution in [3.63, 3.8) is 0 Å². The molecular formula is C20H30N4O4S. The number of hydrogen-bond donors (Lipinski definition) is 1. The van der Waals surface area contributed by atoms with Gasteiger partial charge in [-0.1, -0.05) is 6.92 Å². The first-order valence-corrected chi connectivity index (χ1v) is 11.9. The summed E-state index contributed by atoms with van der Waals surface area (Å²) >= 11 is 0. The quantitative estimate of drug-likeness (QED) is 0.750. The number of nitrogens with zero attached hydrogens (tertiary/aromatic N) is 3. The molecule has 1 N–H and O–H groups in total. The molecule has 2 aliphatic rings. The lowest BCUT2D eigenvalue weighted by Gasteiger charge is -2.34. The molecule has 0 spiro atoms. The minimum Gasteiger partial charge on any atom is -0.372 e. The van der Waals surface area contributed by atoms with E-state index in [0.717, 1.165) is 18.8 Å². The Morgan fingerprint density at radius 1 is 0.862 bits per heavy atom. The molecule has 8 nitrogen and oxygen atoms in total. The van der Waals surface area contributed by atoms with Gasteiger partial charge >= 0.3 is 0 Å². The van der Waals surface area contributed by atoms with Crippen molar-refractivity contribution >= 4 is 33.2 Å². The number of carbonyl (C=O) groups excluding carboxylic acids is 2. The van der Waals surface area contributed by atoms with Crippen molar-refractivity contribution in [2.75, 3.05) is 54.6 Å². The molecule has 1 aromatic rings. The van der Waals surface area contributed by atoms with Gasteiger partial charge in [-0.2, -0.15) is 0 Å². The molecule has 2 saturated heterocycles. The van der Waals surface area contributed by atoms with Crippen molar-refractivity contribution < 1.29 is 18.0 Å². The van der Waals surface area contributed by atoms with Crippen LogP contribution in [0.4, 0.5) is 11.4 Å². The number of benzene rings is 1. The lowest BCUT2D eigenvalue weighted by atomic mass is 10.1. The highest BCUT2D eigenvalue weighted by molar-refractivity contribution is 7.93. The highest BCUT2D eigenvalue weighted by Crippen LogP contribution is 2.22. The molecule has 0 atom stereocenters. The van der Waals surface area contributed by atoms with Gasteiger partial charge in [-0.3, -0.25) is 14.3 Å². The maximum Gasteiger partial charge on any atom is 0.241 e. The summed E-state index contributed by atoms with van der Waals surface area (Å²) in [4.78, 5) is 29.6. The summed E-state index contributed by atoms with van der Waals surface area (Å²) in [5.74, 6) is -0.979. The van der Waals surface area contributed by atoms with Crippen LogP contribution in [0.25, 0.3) is 0 Å². The third-order valence-corrected chi connectivity index (χ3v) is 6.64. The highest BCUT2D eigenvalue weighted by atomic mass is 32.2. The van der Waals surface area contributed by atoms with E-state index < -0.39 is 21.7 Å². The third kappa shape index (κ3) is 5.85. The summed E-state index contributed by atoms with van der Waals surface area (Å²) in [6, 6.07) is 7.30. The Hall–Kier alpha value is -2.29. The van der Waals surface area contributed by atoms with Crippen molar-refractivity contribution in [2.24, 2.45) is 0 Å². The number of carbonyl (C=O) groups is 2. The van der Waals surface area contributed by atoms with Crippen molar-refractivity contribution in [3.05, 3.63) is 24.3 Å². The van der Waals surface area contributed by atoms with Gasteiger partial charge in [0, 0.05) is 57.1 Å². The zero-order valence-electron chi connectivity index (χ0n) is 17.0. The van der Waals surface area contributed by atoms with Gasteiger partial charge in [0.15, 0.2) is 0 Å². The monoisotopic (exact) mass is 422 g/mol. The molecule has 0 saturated carbocycles. The number of amides is 2. The number of piperidine rings is 1. The molecule has 3 rings (SSSR count). The van der Waals surface area contributed by atoms with Crippen LogP contribution in [0.15, 0.2) is 24.3 Å². The first kappa shape index (κ1) is 21.4. The number of anilines is 2. The van der Waals surface area contributed by atoms with Crippen molar-refractivity contribution in [1.29, 1.82) is 0 Å². The Morgan fingerprint density at radius 3 is 1.97 bits per heavy atom. The average molecular weight is 423 g/mol. The van der Waals surface area contributed by atoms with E-state index in [1.54, 1.807) is 24.0 Å². The van der Waals surface area contributed by atoms with E-state index in [4.69, 9.17) is 0 Å². The van der Waals surface area contributed by atoms with Crippen LogP contribution < -0.4 is 9.62 Å². The number of piperazine rings is 1. The van der Waals surface area contributed by atoms with E-state index in [1.807, 2.05) is 12.1 Å². The van der Waals surface area contributed by atoms with Gasteiger partial charge in [0.2, 0.25) is 21.8 Å². The van der Waals surface area contributed by atoms with E-state index in [1.165, 1.54) is 24.2 Å². The third-order valence-electron chi connectivity index (χ3n) is 5.46. The average Bonchev–Trinajstić information content (AvgIpc) is 2.74. The molecule has 0 aromatic heterocycles. The van der Waals surface area contributed by atoms with E-state index in [9.17, 15) is 18.0 Å². The molecule has 2 aliphatic heterocycles. The molecule has 1 aromatic carbocycles. The van der Waals surface area contributed by atoms with Crippen molar-refractivity contribution in [3.8, 4) is 0 Å². The molecule has 29 heavy (non-hydrogen) atoms. The predicted octanol–water partition coefficient (Wildman–Crippen LogP) is 1.50. The maximum atomic E-state index is 12.4. The molecule has 9 heteroatoms. The minimum absolute atomic E-state index is 0.0550. The van der Waals surface area contributed by atoms with Crippen LogP contribution in [0, 0.1) is 0 Å². The summed E-state index contributed by atoms with van der Waals surface area (Å²) < 4.78 is 27.3. The number of sulfonamides is 1. The summed E-state index contributed by atoms with van der Waals surface area (Å²) in [7, 11) is -3.79. The lowest BCUT2D eigenvalue weighted by molar-refractivity contribution is -0.138. The van der Waals surface area contributed by atoms with Gasteiger partial charge in [0.05, 0.1) is 0 Å². The fourth-order valence-electron chi connectivity index (χ4n) is 3.79. The van der Waals surface area contributed by atoms with E-state index in [2.05, 4.69) is 9.62 Å². The SMILES string of the molecule is CCC(=O)N1CCN(C(=O)CS(=O)(=O)Nc2ccc(N3CCCCC3)cc2)CC1.